The molecule has 0 saturated heterocycles. The molecule has 0 radical (unpaired) electrons. The van der Waals surface area contributed by atoms with Crippen LogP contribution in [-0.2, 0) is 0 Å². The minimum Gasteiger partial charge on any atom is -0.494 e. The van der Waals surface area contributed by atoms with Gasteiger partial charge in [-0.05, 0) is 30.5 Å². The molecule has 0 aromatic heterocycles. The number of hydrogen-bond acceptors (Lipinski definition) is 2. The first kappa shape index (κ1) is 16.8. The Kier molecular flexibility index (Phi) is 8.05. The molecule has 1 rings (SSSR count). The van der Waals surface area contributed by atoms with Crippen LogP contribution in [0.2, 0.25) is 0 Å². The maximum absolute atomic E-state index is 5.68. The lowest BCUT2D eigenvalue weighted by Gasteiger charge is -2.10. The third kappa shape index (κ3) is 6.76. The molecule has 20 heavy (non-hydrogen) atoms. The standard InChI is InChI=1S/C18H29NO/c1-5-7-12-20-18-10-8-17(9-11-18)13-16(6-2)14-19-15(3)4/h8-11,13,15,19H,5-7,12,14H2,1-4H3. The monoisotopic (exact) mass is 275 g/mol. The number of ether oxygens (including phenoxy) is 1. The van der Waals surface area contributed by atoms with Crippen molar-refractivity contribution in [2.75, 3.05) is 13.2 Å². The second kappa shape index (κ2) is 9.60. The number of rotatable bonds is 9. The average Bonchev–Trinajstić information content (AvgIpc) is 2.45. The van der Waals surface area contributed by atoms with Crippen LogP contribution < -0.4 is 10.1 Å². The molecule has 0 saturated carbocycles. The highest BCUT2D eigenvalue weighted by Gasteiger charge is 1.99. The SMILES string of the molecule is CCCCOc1ccc(C=C(CC)CNC(C)C)cc1. The molecule has 1 aromatic carbocycles. The lowest BCUT2D eigenvalue weighted by molar-refractivity contribution is 0.309. The zero-order chi connectivity index (χ0) is 14.8. The Morgan fingerprint density at radius 3 is 2.45 bits per heavy atom. The first-order valence-corrected chi connectivity index (χ1v) is 7.81. The summed E-state index contributed by atoms with van der Waals surface area (Å²) in [7, 11) is 0. The smallest absolute Gasteiger partial charge is 0.119 e. The van der Waals surface area contributed by atoms with Crippen LogP contribution in [0.25, 0.3) is 6.08 Å². The minimum atomic E-state index is 0.527. The van der Waals surface area contributed by atoms with Crippen LogP contribution in [0.5, 0.6) is 5.75 Å². The fourth-order valence-corrected chi connectivity index (χ4v) is 1.84. The van der Waals surface area contributed by atoms with Crippen LogP contribution in [0.1, 0.15) is 52.5 Å². The van der Waals surface area contributed by atoms with Crippen molar-refractivity contribution in [1.29, 1.82) is 0 Å². The van der Waals surface area contributed by atoms with Crippen LogP contribution in [0.4, 0.5) is 0 Å². The average molecular weight is 275 g/mol. The summed E-state index contributed by atoms with van der Waals surface area (Å²) in [5, 5.41) is 3.47. The van der Waals surface area contributed by atoms with E-state index in [1.165, 1.54) is 17.6 Å². The number of unbranched alkanes of at least 4 members (excludes halogenated alkanes) is 1. The number of hydrogen-bond donors (Lipinski definition) is 1. The van der Waals surface area contributed by atoms with Crippen molar-refractivity contribution in [2.24, 2.45) is 0 Å². The third-order valence-electron chi connectivity index (χ3n) is 3.21. The molecule has 112 valence electrons. The molecule has 0 aliphatic carbocycles. The van der Waals surface area contributed by atoms with Crippen molar-refractivity contribution in [1.82, 2.24) is 5.32 Å². The summed E-state index contributed by atoms with van der Waals surface area (Å²) in [4.78, 5) is 0. The molecule has 0 atom stereocenters. The largest absolute Gasteiger partial charge is 0.494 e. The Morgan fingerprint density at radius 2 is 1.90 bits per heavy atom. The molecule has 2 nitrogen and oxygen atoms in total. The lowest BCUT2D eigenvalue weighted by atomic mass is 10.1. The Balaban J connectivity index is 2.57. The molecule has 0 bridgehead atoms. The van der Waals surface area contributed by atoms with Gasteiger partial charge in [-0.25, -0.2) is 0 Å². The minimum absolute atomic E-state index is 0.527. The van der Waals surface area contributed by atoms with Gasteiger partial charge in [-0.1, -0.05) is 57.9 Å². The molecular weight excluding hydrogens is 246 g/mol. The topological polar surface area (TPSA) is 21.3 Å². The van der Waals surface area contributed by atoms with Crippen LogP contribution in [0.15, 0.2) is 29.8 Å². The Bertz CT molecular complexity index is 392. The van der Waals surface area contributed by atoms with E-state index in [4.69, 9.17) is 4.74 Å². The highest BCUT2D eigenvalue weighted by atomic mass is 16.5. The van der Waals surface area contributed by atoms with Gasteiger partial charge in [-0.3, -0.25) is 0 Å². The summed E-state index contributed by atoms with van der Waals surface area (Å²) in [5.74, 6) is 0.967. The molecule has 0 aliphatic heterocycles. The number of nitrogens with one attached hydrogen (secondary N) is 1. The third-order valence-corrected chi connectivity index (χ3v) is 3.21. The van der Waals surface area contributed by atoms with E-state index < -0.39 is 0 Å². The molecule has 0 aliphatic rings. The van der Waals surface area contributed by atoms with Crippen molar-refractivity contribution in [2.45, 2.75) is 53.0 Å². The van der Waals surface area contributed by atoms with E-state index in [1.807, 2.05) is 0 Å². The van der Waals surface area contributed by atoms with Gasteiger partial charge in [-0.2, -0.15) is 0 Å². The van der Waals surface area contributed by atoms with E-state index in [2.05, 4.69) is 63.4 Å². The predicted molar refractivity (Wildman–Crippen MR) is 88.3 cm³/mol. The maximum Gasteiger partial charge on any atom is 0.119 e. The van der Waals surface area contributed by atoms with E-state index in [0.717, 1.165) is 31.7 Å². The number of benzene rings is 1. The maximum atomic E-state index is 5.68. The van der Waals surface area contributed by atoms with Crippen molar-refractivity contribution in [3.05, 3.63) is 35.4 Å². The molecule has 2 heteroatoms. The summed E-state index contributed by atoms with van der Waals surface area (Å²) >= 11 is 0. The van der Waals surface area contributed by atoms with Crippen molar-refractivity contribution in [3.63, 3.8) is 0 Å². The zero-order valence-corrected chi connectivity index (χ0v) is 13.4. The highest BCUT2D eigenvalue weighted by Crippen LogP contribution is 2.16. The first-order chi connectivity index (χ1) is 9.65. The predicted octanol–water partition coefficient (Wildman–Crippen LogP) is 4.66. The van der Waals surface area contributed by atoms with Gasteiger partial charge in [0, 0.05) is 12.6 Å². The van der Waals surface area contributed by atoms with E-state index >= 15 is 0 Å². The highest BCUT2D eigenvalue weighted by molar-refractivity contribution is 5.54. The van der Waals surface area contributed by atoms with E-state index in [0.29, 0.717) is 6.04 Å². The van der Waals surface area contributed by atoms with E-state index in [1.54, 1.807) is 0 Å². The molecule has 1 N–H and O–H groups in total. The van der Waals surface area contributed by atoms with Gasteiger partial charge in [0.15, 0.2) is 0 Å². The fourth-order valence-electron chi connectivity index (χ4n) is 1.84. The van der Waals surface area contributed by atoms with Crippen LogP contribution in [0, 0.1) is 0 Å². The van der Waals surface area contributed by atoms with Gasteiger partial charge >= 0.3 is 0 Å². The molecule has 0 fully saturated rings. The zero-order valence-electron chi connectivity index (χ0n) is 13.4. The van der Waals surface area contributed by atoms with Crippen molar-refractivity contribution < 1.29 is 4.74 Å². The summed E-state index contributed by atoms with van der Waals surface area (Å²) < 4.78 is 5.68. The normalized spacial score (nSPS) is 11.9. The second-order valence-electron chi connectivity index (χ2n) is 5.46. The van der Waals surface area contributed by atoms with Crippen molar-refractivity contribution >= 4 is 6.08 Å². The molecular formula is C18H29NO. The lowest BCUT2D eigenvalue weighted by Crippen LogP contribution is -2.24. The van der Waals surface area contributed by atoms with Gasteiger partial charge < -0.3 is 10.1 Å². The molecule has 0 spiro atoms. The van der Waals surface area contributed by atoms with Crippen LogP contribution in [-0.4, -0.2) is 19.2 Å². The summed E-state index contributed by atoms with van der Waals surface area (Å²) in [6.07, 6.45) is 5.63. The Hall–Kier alpha value is -1.28. The first-order valence-electron chi connectivity index (χ1n) is 7.81. The molecule has 0 unspecified atom stereocenters. The summed E-state index contributed by atoms with van der Waals surface area (Å²) in [5.41, 5.74) is 2.67. The quantitative estimate of drug-likeness (QED) is 0.662. The van der Waals surface area contributed by atoms with E-state index in [9.17, 15) is 0 Å². The van der Waals surface area contributed by atoms with Gasteiger partial charge in [0.1, 0.15) is 5.75 Å². The van der Waals surface area contributed by atoms with Gasteiger partial charge in [-0.15, -0.1) is 0 Å². The summed E-state index contributed by atoms with van der Waals surface area (Å²) in [6.45, 7) is 10.5. The van der Waals surface area contributed by atoms with Crippen LogP contribution in [0.3, 0.4) is 0 Å². The summed E-state index contributed by atoms with van der Waals surface area (Å²) in [6, 6.07) is 8.91. The van der Waals surface area contributed by atoms with Gasteiger partial charge in [0.05, 0.1) is 6.61 Å². The molecule has 0 heterocycles. The molecule has 0 amide bonds. The van der Waals surface area contributed by atoms with Gasteiger partial charge in [0.25, 0.3) is 0 Å². The van der Waals surface area contributed by atoms with Gasteiger partial charge in [0.2, 0.25) is 0 Å². The van der Waals surface area contributed by atoms with Crippen molar-refractivity contribution in [3.8, 4) is 5.75 Å². The Morgan fingerprint density at radius 1 is 1.20 bits per heavy atom. The fraction of sp³-hybridized carbons (Fsp3) is 0.556. The van der Waals surface area contributed by atoms with E-state index in [-0.39, 0.29) is 0 Å². The molecule has 1 aromatic rings. The Labute approximate surface area is 124 Å². The second-order valence-corrected chi connectivity index (χ2v) is 5.46. The van der Waals surface area contributed by atoms with Crippen LogP contribution >= 0.6 is 0 Å².